The summed E-state index contributed by atoms with van der Waals surface area (Å²) >= 11 is 1.45. The summed E-state index contributed by atoms with van der Waals surface area (Å²) in [5.41, 5.74) is 1.69. The smallest absolute Gasteiger partial charge is 0.270 e. The van der Waals surface area contributed by atoms with Crippen LogP contribution in [0.15, 0.2) is 29.6 Å². The van der Waals surface area contributed by atoms with Crippen molar-refractivity contribution in [3.8, 4) is 10.6 Å². The van der Waals surface area contributed by atoms with E-state index in [1.54, 1.807) is 5.38 Å². The van der Waals surface area contributed by atoms with Gasteiger partial charge >= 0.3 is 0 Å². The van der Waals surface area contributed by atoms with Crippen LogP contribution in [0.5, 0.6) is 0 Å². The van der Waals surface area contributed by atoms with E-state index in [0.717, 1.165) is 16.1 Å². The highest BCUT2D eigenvalue weighted by Gasteiger charge is 2.30. The molecule has 0 atom stereocenters. The lowest BCUT2D eigenvalue weighted by Crippen LogP contribution is -2.46. The van der Waals surface area contributed by atoms with Crippen LogP contribution in [-0.2, 0) is 4.74 Å². The number of aryl methyl sites for hydroxylation is 1. The van der Waals surface area contributed by atoms with Crippen molar-refractivity contribution in [1.82, 2.24) is 10.3 Å². The second-order valence-electron chi connectivity index (χ2n) is 5.87. The van der Waals surface area contributed by atoms with E-state index in [2.05, 4.69) is 10.3 Å². The molecule has 1 fully saturated rings. The maximum absolute atomic E-state index is 12.2. The SMILES string of the molecule is Cc1ccccc1-c1nc(C(=O)NCC2(O)CCOCC2)cs1. The van der Waals surface area contributed by atoms with Gasteiger partial charge in [0, 0.05) is 43.5 Å². The van der Waals surface area contributed by atoms with Gasteiger partial charge in [-0.2, -0.15) is 0 Å². The minimum absolute atomic E-state index is 0.229. The molecular weight excluding hydrogens is 312 g/mol. The van der Waals surface area contributed by atoms with Crippen molar-refractivity contribution in [2.75, 3.05) is 19.8 Å². The fraction of sp³-hybridized carbons (Fsp3) is 0.412. The van der Waals surface area contributed by atoms with Crippen molar-refractivity contribution >= 4 is 17.2 Å². The zero-order valence-corrected chi connectivity index (χ0v) is 13.9. The van der Waals surface area contributed by atoms with Crippen LogP contribution in [0.1, 0.15) is 28.9 Å². The molecule has 2 N–H and O–H groups in total. The van der Waals surface area contributed by atoms with E-state index >= 15 is 0 Å². The normalized spacial score (nSPS) is 17.0. The van der Waals surface area contributed by atoms with Gasteiger partial charge < -0.3 is 15.2 Å². The number of amides is 1. The van der Waals surface area contributed by atoms with Crippen molar-refractivity contribution in [3.63, 3.8) is 0 Å². The molecule has 0 radical (unpaired) electrons. The Balaban J connectivity index is 1.66. The number of rotatable bonds is 4. The summed E-state index contributed by atoms with van der Waals surface area (Å²) in [7, 11) is 0. The van der Waals surface area contributed by atoms with E-state index in [4.69, 9.17) is 4.74 Å². The number of aliphatic hydroxyl groups is 1. The largest absolute Gasteiger partial charge is 0.388 e. The van der Waals surface area contributed by atoms with Crippen molar-refractivity contribution in [2.24, 2.45) is 0 Å². The van der Waals surface area contributed by atoms with E-state index in [1.807, 2.05) is 31.2 Å². The minimum atomic E-state index is -0.872. The van der Waals surface area contributed by atoms with Crippen LogP contribution in [0.3, 0.4) is 0 Å². The van der Waals surface area contributed by atoms with E-state index in [1.165, 1.54) is 11.3 Å². The first-order chi connectivity index (χ1) is 11.1. The maximum atomic E-state index is 12.2. The summed E-state index contributed by atoms with van der Waals surface area (Å²) in [6.45, 7) is 3.31. The first-order valence-electron chi connectivity index (χ1n) is 7.67. The number of hydrogen-bond acceptors (Lipinski definition) is 5. The van der Waals surface area contributed by atoms with Gasteiger partial charge in [-0.1, -0.05) is 24.3 Å². The van der Waals surface area contributed by atoms with Crippen molar-refractivity contribution in [1.29, 1.82) is 0 Å². The molecule has 0 bridgehead atoms. The first-order valence-corrected chi connectivity index (χ1v) is 8.55. The third-order valence-electron chi connectivity index (χ3n) is 4.11. The molecule has 0 aliphatic carbocycles. The fourth-order valence-corrected chi connectivity index (χ4v) is 3.47. The van der Waals surface area contributed by atoms with Crippen LogP contribution in [0.25, 0.3) is 10.6 Å². The monoisotopic (exact) mass is 332 g/mol. The molecule has 1 aliphatic heterocycles. The average molecular weight is 332 g/mol. The lowest BCUT2D eigenvalue weighted by molar-refractivity contribution is -0.0605. The van der Waals surface area contributed by atoms with Gasteiger partial charge in [0.1, 0.15) is 10.7 Å². The Morgan fingerprint density at radius 3 is 2.87 bits per heavy atom. The third-order valence-corrected chi connectivity index (χ3v) is 4.99. The van der Waals surface area contributed by atoms with E-state index in [0.29, 0.717) is 31.7 Å². The van der Waals surface area contributed by atoms with Gasteiger partial charge in [-0.05, 0) is 12.5 Å². The zero-order valence-electron chi connectivity index (χ0n) is 13.0. The van der Waals surface area contributed by atoms with E-state index < -0.39 is 5.60 Å². The predicted octanol–water partition coefficient (Wildman–Crippen LogP) is 2.39. The summed E-state index contributed by atoms with van der Waals surface area (Å²) in [5.74, 6) is -0.249. The summed E-state index contributed by atoms with van der Waals surface area (Å²) < 4.78 is 5.24. The van der Waals surface area contributed by atoms with Gasteiger partial charge in [0.15, 0.2) is 0 Å². The van der Waals surface area contributed by atoms with Crippen LogP contribution < -0.4 is 5.32 Å². The molecule has 1 aliphatic rings. The summed E-state index contributed by atoms with van der Waals surface area (Å²) in [6.07, 6.45) is 1.08. The van der Waals surface area contributed by atoms with Crippen LogP contribution in [0, 0.1) is 6.92 Å². The molecule has 23 heavy (non-hydrogen) atoms. The van der Waals surface area contributed by atoms with Gasteiger partial charge in [-0.15, -0.1) is 11.3 Å². The zero-order chi connectivity index (χ0) is 16.3. The molecule has 0 unspecified atom stereocenters. The summed E-state index contributed by atoms with van der Waals surface area (Å²) in [4.78, 5) is 16.7. The van der Waals surface area contributed by atoms with Gasteiger partial charge in [0.25, 0.3) is 5.91 Å². The molecule has 2 aromatic rings. The third kappa shape index (κ3) is 3.77. The number of carbonyl (C=O) groups is 1. The highest BCUT2D eigenvalue weighted by atomic mass is 32.1. The first kappa shape index (κ1) is 16.1. The second-order valence-corrected chi connectivity index (χ2v) is 6.73. The molecule has 0 spiro atoms. The molecule has 5 nitrogen and oxygen atoms in total. The number of benzene rings is 1. The van der Waals surface area contributed by atoms with Crippen molar-refractivity contribution in [2.45, 2.75) is 25.4 Å². The van der Waals surface area contributed by atoms with Crippen molar-refractivity contribution < 1.29 is 14.6 Å². The molecule has 1 aromatic heterocycles. The Bertz CT molecular complexity index is 693. The Morgan fingerprint density at radius 2 is 2.13 bits per heavy atom. The number of ether oxygens (including phenoxy) is 1. The second kappa shape index (κ2) is 6.78. The predicted molar refractivity (Wildman–Crippen MR) is 89.6 cm³/mol. The number of aromatic nitrogens is 1. The lowest BCUT2D eigenvalue weighted by atomic mass is 9.94. The number of thiazole rings is 1. The standard InChI is InChI=1S/C17H20N2O3S/c1-12-4-2-3-5-13(12)16-19-14(10-23-16)15(20)18-11-17(21)6-8-22-9-7-17/h2-5,10,21H,6-9,11H2,1H3,(H,18,20). The quantitative estimate of drug-likeness (QED) is 0.902. The average Bonchev–Trinajstić information content (AvgIpc) is 3.04. The van der Waals surface area contributed by atoms with Gasteiger partial charge in [0.05, 0.1) is 5.60 Å². The highest BCUT2D eigenvalue weighted by molar-refractivity contribution is 7.13. The van der Waals surface area contributed by atoms with Gasteiger partial charge in [0.2, 0.25) is 0 Å². The number of hydrogen-bond donors (Lipinski definition) is 2. The van der Waals surface area contributed by atoms with Gasteiger partial charge in [-0.3, -0.25) is 4.79 Å². The summed E-state index contributed by atoms with van der Waals surface area (Å²) in [5, 5.41) is 15.7. The fourth-order valence-electron chi connectivity index (χ4n) is 2.58. The molecule has 2 heterocycles. The molecule has 122 valence electrons. The van der Waals surface area contributed by atoms with E-state index in [-0.39, 0.29) is 12.5 Å². The number of nitrogens with zero attached hydrogens (tertiary/aromatic N) is 1. The van der Waals surface area contributed by atoms with Crippen LogP contribution in [-0.4, -0.2) is 41.4 Å². The Labute approximate surface area is 139 Å². The minimum Gasteiger partial charge on any atom is -0.388 e. The molecule has 1 saturated heterocycles. The van der Waals surface area contributed by atoms with Crippen molar-refractivity contribution in [3.05, 3.63) is 40.9 Å². The maximum Gasteiger partial charge on any atom is 0.270 e. The highest BCUT2D eigenvalue weighted by Crippen LogP contribution is 2.26. The molecule has 3 rings (SSSR count). The Kier molecular flexibility index (Phi) is 4.75. The topological polar surface area (TPSA) is 71.5 Å². The molecular formula is C17H20N2O3S. The summed E-state index contributed by atoms with van der Waals surface area (Å²) in [6, 6.07) is 7.97. The number of carbonyl (C=O) groups excluding carboxylic acids is 1. The lowest BCUT2D eigenvalue weighted by Gasteiger charge is -2.31. The number of nitrogens with one attached hydrogen (secondary N) is 1. The van der Waals surface area contributed by atoms with Crippen LogP contribution in [0.4, 0.5) is 0 Å². The van der Waals surface area contributed by atoms with Crippen LogP contribution >= 0.6 is 11.3 Å². The Morgan fingerprint density at radius 1 is 1.39 bits per heavy atom. The molecule has 1 aromatic carbocycles. The van der Waals surface area contributed by atoms with Crippen LogP contribution in [0.2, 0.25) is 0 Å². The molecule has 1 amide bonds. The Hall–Kier alpha value is -1.76. The molecule has 0 saturated carbocycles. The molecule has 6 heteroatoms. The van der Waals surface area contributed by atoms with Gasteiger partial charge in [-0.25, -0.2) is 4.98 Å². The van der Waals surface area contributed by atoms with E-state index in [9.17, 15) is 9.90 Å².